The summed E-state index contributed by atoms with van der Waals surface area (Å²) in [6, 6.07) is 0. The number of ether oxygens (including phenoxy) is 1. The predicted molar refractivity (Wildman–Crippen MR) is 15.9 cm³/mol. The molecule has 0 aromatic rings. The van der Waals surface area contributed by atoms with Gasteiger partial charge in [0, 0.05) is 0 Å². The van der Waals surface area contributed by atoms with Crippen LogP contribution < -0.4 is 0 Å². The Morgan fingerprint density at radius 1 is 1.00 bits per heavy atom. The van der Waals surface area contributed by atoms with Gasteiger partial charge < -0.3 is 0 Å². The molecule has 0 radical (unpaired) electrons. The molecular weight excluding hydrogens is 166 g/mol. The highest BCUT2D eigenvalue weighted by atomic mass is 19.4. The van der Waals surface area contributed by atoms with Gasteiger partial charge in [-0.3, -0.25) is 4.74 Å². The van der Waals surface area contributed by atoms with Crippen molar-refractivity contribution in [2.45, 2.75) is 18.1 Å². The van der Waals surface area contributed by atoms with Crippen LogP contribution in [0.2, 0.25) is 0 Å². The zero-order valence-electron chi connectivity index (χ0n) is 4.18. The summed E-state index contributed by atoms with van der Waals surface area (Å²) in [4.78, 5) is 0. The Bertz CT molecular complexity index is 161. The topological polar surface area (TPSA) is 12.5 Å². The summed E-state index contributed by atoms with van der Waals surface area (Å²) in [6.45, 7) is 0. The summed E-state index contributed by atoms with van der Waals surface area (Å²) in [7, 11) is 0. The minimum atomic E-state index is -5.66. The van der Waals surface area contributed by atoms with Gasteiger partial charge in [0.25, 0.3) is 0 Å². The fourth-order valence-corrected chi connectivity index (χ4v) is 0.374. The van der Waals surface area contributed by atoms with Crippen LogP contribution in [0.3, 0.4) is 0 Å². The summed E-state index contributed by atoms with van der Waals surface area (Å²) >= 11 is 0. The quantitative estimate of drug-likeness (QED) is 0.395. The number of epoxide rings is 1. The molecule has 0 aliphatic carbocycles. The molecule has 1 nitrogen and oxygen atoms in total. The average Bonchev–Trinajstić information content (AvgIpc) is 2.05. The Kier molecular flexibility index (Phi) is 1.08. The molecule has 1 rings (SSSR count). The Morgan fingerprint density at radius 3 is 1.30 bits per heavy atom. The van der Waals surface area contributed by atoms with Crippen molar-refractivity contribution in [1.82, 2.24) is 0 Å². The van der Waals surface area contributed by atoms with E-state index in [1.165, 1.54) is 0 Å². The molecule has 0 unspecified atom stereocenters. The van der Waals surface area contributed by atoms with E-state index in [0.717, 1.165) is 0 Å². The van der Waals surface area contributed by atoms with Crippen molar-refractivity contribution in [1.29, 1.82) is 0 Å². The Hall–Kier alpha value is -0.460. The molecule has 1 heterocycles. The van der Waals surface area contributed by atoms with Crippen LogP contribution in [0, 0.1) is 0 Å². The second kappa shape index (κ2) is 1.41. The van der Waals surface area contributed by atoms with Crippen LogP contribution in [-0.4, -0.2) is 18.1 Å². The second-order valence-corrected chi connectivity index (χ2v) is 1.71. The molecule has 0 saturated carbocycles. The summed E-state index contributed by atoms with van der Waals surface area (Å²) in [5.41, 5.74) is 0. The highest BCUT2D eigenvalue weighted by Gasteiger charge is 2.90. The van der Waals surface area contributed by atoms with Gasteiger partial charge in [0.15, 0.2) is 0 Å². The molecule has 0 spiro atoms. The zero-order chi connectivity index (χ0) is 8.21. The molecule has 1 atom stereocenters. The molecule has 1 aliphatic rings. The normalized spacial score (nSPS) is 37.8. The van der Waals surface area contributed by atoms with Crippen molar-refractivity contribution in [2.24, 2.45) is 0 Å². The molecule has 10 heavy (non-hydrogen) atoms. The molecular formula is C3F6O. The molecule has 1 fully saturated rings. The zero-order valence-corrected chi connectivity index (χ0v) is 4.18. The van der Waals surface area contributed by atoms with Gasteiger partial charge in [0.05, 0.1) is 0 Å². The second-order valence-electron chi connectivity index (χ2n) is 1.71. The first kappa shape index (κ1) is 7.64. The summed E-state index contributed by atoms with van der Waals surface area (Å²) in [5.74, 6) is -4.75. The molecule has 1 aliphatic heterocycles. The van der Waals surface area contributed by atoms with Gasteiger partial charge in [0.2, 0.25) is 0 Å². The van der Waals surface area contributed by atoms with Gasteiger partial charge in [-0.05, 0) is 0 Å². The highest BCUT2D eigenvalue weighted by Crippen LogP contribution is 2.60. The Balaban J connectivity index is 2.78. The predicted octanol–water partition coefficient (Wildman–Crippen LogP) is 1.84. The van der Waals surface area contributed by atoms with Crippen LogP contribution in [0.25, 0.3) is 0 Å². The Morgan fingerprint density at radius 2 is 1.30 bits per heavy atom. The maximum absolute atomic E-state index is 11.7. The largest absolute Gasteiger partial charge is 0.458 e. The third-order valence-corrected chi connectivity index (χ3v) is 0.966. The van der Waals surface area contributed by atoms with Crippen LogP contribution in [0.1, 0.15) is 0 Å². The van der Waals surface area contributed by atoms with E-state index in [4.69, 9.17) is 0 Å². The fourth-order valence-electron chi connectivity index (χ4n) is 0.374. The van der Waals surface area contributed by atoms with Crippen LogP contribution in [0.5, 0.6) is 0 Å². The number of rotatable bonds is 0. The van der Waals surface area contributed by atoms with E-state index in [1.807, 2.05) is 0 Å². The minimum Gasteiger partial charge on any atom is -0.263 e. The molecule has 0 amide bonds. The number of halogens is 6. The molecule has 0 N–H and O–H groups in total. The van der Waals surface area contributed by atoms with Crippen molar-refractivity contribution in [3.05, 3.63) is 0 Å². The van der Waals surface area contributed by atoms with Gasteiger partial charge >= 0.3 is 18.1 Å². The lowest BCUT2D eigenvalue weighted by Crippen LogP contribution is -2.32. The molecule has 7 heteroatoms. The first-order valence-corrected chi connectivity index (χ1v) is 2.04. The Labute approximate surface area is 50.6 Å². The van der Waals surface area contributed by atoms with E-state index in [1.54, 1.807) is 0 Å². The number of hydrogen-bond donors (Lipinski definition) is 0. The fraction of sp³-hybridized carbons (Fsp3) is 1.00. The first-order chi connectivity index (χ1) is 4.21. The van der Waals surface area contributed by atoms with E-state index in [0.29, 0.717) is 0 Å². The van der Waals surface area contributed by atoms with E-state index in [2.05, 4.69) is 4.74 Å². The summed E-state index contributed by atoms with van der Waals surface area (Å²) in [5, 5.41) is 0. The monoisotopic (exact) mass is 166 g/mol. The summed E-state index contributed by atoms with van der Waals surface area (Å²) < 4.78 is 70.4. The first-order valence-electron chi connectivity index (χ1n) is 2.04. The van der Waals surface area contributed by atoms with E-state index in [9.17, 15) is 26.3 Å². The maximum Gasteiger partial charge on any atom is 0.458 e. The third kappa shape index (κ3) is 0.695. The van der Waals surface area contributed by atoms with E-state index >= 15 is 0 Å². The lowest BCUT2D eigenvalue weighted by Gasteiger charge is -2.04. The smallest absolute Gasteiger partial charge is 0.263 e. The van der Waals surface area contributed by atoms with Crippen molar-refractivity contribution < 1.29 is 31.1 Å². The van der Waals surface area contributed by atoms with Crippen LogP contribution in [-0.2, 0) is 4.74 Å². The van der Waals surface area contributed by atoms with Crippen LogP contribution in [0.15, 0.2) is 0 Å². The van der Waals surface area contributed by atoms with Crippen molar-refractivity contribution in [3.8, 4) is 0 Å². The van der Waals surface area contributed by atoms with Crippen LogP contribution in [0.4, 0.5) is 26.3 Å². The van der Waals surface area contributed by atoms with Gasteiger partial charge in [-0.15, -0.1) is 0 Å². The standard InChI is InChI=1S/C3F6O/c4-1(2(5,6)7)3(8,9)10-1/t1-/m0/s1. The average molecular weight is 166 g/mol. The highest BCUT2D eigenvalue weighted by molar-refractivity contribution is 4.99. The SMILES string of the molecule is FC(F)(F)[C@]1(F)OC1(F)F. The van der Waals surface area contributed by atoms with Gasteiger partial charge in [0.1, 0.15) is 0 Å². The van der Waals surface area contributed by atoms with E-state index < -0.39 is 18.1 Å². The summed E-state index contributed by atoms with van der Waals surface area (Å²) in [6.07, 6.45) is -10.4. The lowest BCUT2D eigenvalue weighted by molar-refractivity contribution is -0.231. The number of hydrogen-bond acceptors (Lipinski definition) is 1. The molecule has 60 valence electrons. The van der Waals surface area contributed by atoms with Crippen molar-refractivity contribution >= 4 is 0 Å². The molecule has 0 aromatic carbocycles. The molecule has 0 aromatic heterocycles. The van der Waals surface area contributed by atoms with Gasteiger partial charge in [-0.25, -0.2) is 0 Å². The molecule has 0 bridgehead atoms. The van der Waals surface area contributed by atoms with Crippen molar-refractivity contribution in [3.63, 3.8) is 0 Å². The minimum absolute atomic E-state index is 2.53. The molecule has 1 saturated heterocycles. The van der Waals surface area contributed by atoms with E-state index in [-0.39, 0.29) is 0 Å². The van der Waals surface area contributed by atoms with Gasteiger partial charge in [-0.1, -0.05) is 0 Å². The third-order valence-electron chi connectivity index (χ3n) is 0.966. The lowest BCUT2D eigenvalue weighted by atomic mass is 10.4. The van der Waals surface area contributed by atoms with Gasteiger partial charge in [-0.2, -0.15) is 26.3 Å². The van der Waals surface area contributed by atoms with Crippen molar-refractivity contribution in [2.75, 3.05) is 0 Å². The van der Waals surface area contributed by atoms with Crippen LogP contribution >= 0.6 is 0 Å². The number of alkyl halides is 6. The maximum atomic E-state index is 11.7.